The second-order valence-corrected chi connectivity index (χ2v) is 29.5. The summed E-state index contributed by atoms with van der Waals surface area (Å²) in [4.78, 5) is 73.1. The number of allylic oxidation sites excluding steroid dienone is 38. The molecule has 0 aliphatic heterocycles. The maximum Gasteiger partial charge on any atom is 0.472 e. The van der Waals surface area contributed by atoms with E-state index in [1.807, 2.05) is 42.5 Å². The van der Waals surface area contributed by atoms with E-state index >= 15 is 0 Å². The van der Waals surface area contributed by atoms with Crippen molar-refractivity contribution in [3.05, 3.63) is 231 Å². The van der Waals surface area contributed by atoms with Gasteiger partial charge in [0.2, 0.25) is 0 Å². The number of rotatable bonds is 75. The first kappa shape index (κ1) is 105. The molecule has 0 fully saturated rings. The van der Waals surface area contributed by atoms with Gasteiger partial charge in [0.1, 0.15) is 19.3 Å². The van der Waals surface area contributed by atoms with Crippen molar-refractivity contribution in [3.63, 3.8) is 0 Å². The third-order valence-corrected chi connectivity index (χ3v) is 18.0. The number of esters is 4. The molecular weight excluding hydrogens is 1450 g/mol. The minimum Gasteiger partial charge on any atom is -0.462 e. The van der Waals surface area contributed by atoms with E-state index in [0.29, 0.717) is 44.9 Å². The quantitative estimate of drug-likeness (QED) is 0.0169. The maximum atomic E-state index is 13.1. The number of hydrogen-bond acceptors (Lipinski definition) is 15. The van der Waals surface area contributed by atoms with E-state index < -0.39 is 97.5 Å². The summed E-state index contributed by atoms with van der Waals surface area (Å²) >= 11 is 0. The van der Waals surface area contributed by atoms with E-state index in [9.17, 15) is 43.2 Å². The van der Waals surface area contributed by atoms with Gasteiger partial charge in [-0.25, -0.2) is 9.13 Å². The van der Waals surface area contributed by atoms with Crippen molar-refractivity contribution >= 4 is 39.5 Å². The third-order valence-electron chi connectivity index (χ3n) is 16.1. The molecule has 0 spiro atoms. The summed E-state index contributed by atoms with van der Waals surface area (Å²) in [7, 11) is -10.1. The Morgan fingerprint density at radius 2 is 0.491 bits per heavy atom. The largest absolute Gasteiger partial charge is 0.472 e. The monoisotopic (exact) mass is 1590 g/mol. The van der Waals surface area contributed by atoms with E-state index in [2.05, 4.69) is 216 Å². The summed E-state index contributed by atoms with van der Waals surface area (Å²) in [6.45, 7) is 4.30. The summed E-state index contributed by atoms with van der Waals surface area (Å²) in [5.74, 6) is -2.47. The molecule has 0 radical (unpaired) electrons. The molecule has 0 aliphatic rings. The van der Waals surface area contributed by atoms with E-state index in [-0.39, 0.29) is 25.7 Å². The Bertz CT molecular complexity index is 3040. The molecule has 112 heavy (non-hydrogen) atoms. The lowest BCUT2D eigenvalue weighted by molar-refractivity contribution is -0.161. The summed E-state index contributed by atoms with van der Waals surface area (Å²) in [5, 5.41) is 10.7. The van der Waals surface area contributed by atoms with Gasteiger partial charge in [-0.1, -0.05) is 291 Å². The first-order valence-corrected chi connectivity index (χ1v) is 44.6. The summed E-state index contributed by atoms with van der Waals surface area (Å²) in [6.07, 6.45) is 106. The van der Waals surface area contributed by atoms with Crippen molar-refractivity contribution in [1.82, 2.24) is 0 Å². The van der Waals surface area contributed by atoms with Crippen molar-refractivity contribution in [3.8, 4) is 0 Å². The standard InChI is InChI=1S/C93H144O17P2/c1-5-9-13-17-21-25-29-33-37-41-43-47-51-55-59-63-67-71-75-79-92(97)109-88(83-103-90(95)77-73-69-65-61-57-53-49-45-39-35-31-27-23-19-15-11-7-3)85-107-111(99,100)105-81-87(94)82-106-112(101,102)108-86-89(84-104-91(96)78-74-70-66-62-58-54-50-46-40-36-32-28-24-20-16-12-8-4)110-93(98)80-76-72-68-64-60-56-52-48-44-42-38-34-30-26-22-18-14-10-6-2/h9-10,13-14,21-28,33-40,43-44,47-50,53-56,59-62,65-67,71,87-89,94H,5-8,11-12,15-20,29-32,41-42,45-46,51-52,57-58,63-64,68-70,72-86H2,1-4H3,(H,99,100)(H,101,102)/b13-9-,14-10-,25-21-,26-22-,27-23-,28-24-,37-33-,38-34-,39-35-,40-36-,47-43-,48-44-,53-49-,54-50-,59-55-,60-56-,65-61-,66-62-,71-67-/t87-,88-,89-/m1/s1. The van der Waals surface area contributed by atoms with Crippen LogP contribution in [0.5, 0.6) is 0 Å². The fourth-order valence-corrected chi connectivity index (χ4v) is 11.4. The van der Waals surface area contributed by atoms with Gasteiger partial charge in [-0.2, -0.15) is 0 Å². The Hall–Kier alpha value is -6.88. The predicted octanol–water partition coefficient (Wildman–Crippen LogP) is 25.0. The maximum absolute atomic E-state index is 13.1. The van der Waals surface area contributed by atoms with Crippen LogP contribution in [0.25, 0.3) is 0 Å². The van der Waals surface area contributed by atoms with Crippen LogP contribution in [-0.2, 0) is 65.4 Å². The summed E-state index contributed by atoms with van der Waals surface area (Å²) < 4.78 is 68.5. The molecule has 17 nitrogen and oxygen atoms in total. The molecule has 0 aromatic rings. The van der Waals surface area contributed by atoms with Gasteiger partial charge >= 0.3 is 39.5 Å². The van der Waals surface area contributed by atoms with E-state index in [1.54, 1.807) is 0 Å². The Morgan fingerprint density at radius 1 is 0.259 bits per heavy atom. The second kappa shape index (κ2) is 82.1. The molecule has 2 unspecified atom stereocenters. The zero-order chi connectivity index (χ0) is 81.7. The number of phosphoric acid groups is 2. The highest BCUT2D eigenvalue weighted by molar-refractivity contribution is 7.47. The molecule has 0 heterocycles. The van der Waals surface area contributed by atoms with Gasteiger partial charge in [0.25, 0.3) is 0 Å². The Labute approximate surface area is 676 Å². The van der Waals surface area contributed by atoms with E-state index in [4.69, 9.17) is 37.0 Å². The zero-order valence-corrected chi connectivity index (χ0v) is 70.5. The highest BCUT2D eigenvalue weighted by Gasteiger charge is 2.30. The number of aliphatic hydroxyl groups excluding tert-OH is 1. The Kier molecular flexibility index (Phi) is 77.1. The topological polar surface area (TPSA) is 237 Å². The number of phosphoric ester groups is 2. The lowest BCUT2D eigenvalue weighted by Crippen LogP contribution is -2.30. The van der Waals surface area contributed by atoms with Crippen LogP contribution in [0, 0.1) is 0 Å². The number of unbranched alkanes of at least 4 members (excludes halogenated alkanes) is 11. The molecular formula is C93H144O17P2. The highest BCUT2D eigenvalue weighted by Crippen LogP contribution is 2.45. The van der Waals surface area contributed by atoms with Crippen LogP contribution in [0.3, 0.4) is 0 Å². The molecule has 0 aromatic heterocycles. The van der Waals surface area contributed by atoms with Crippen LogP contribution in [0.15, 0.2) is 231 Å². The van der Waals surface area contributed by atoms with Crippen LogP contribution in [0.1, 0.15) is 272 Å². The fourth-order valence-electron chi connectivity index (χ4n) is 9.84. The number of carbonyl (C=O) groups is 4. The van der Waals surface area contributed by atoms with Gasteiger partial charge in [-0.05, 0) is 186 Å². The Balaban J connectivity index is 5.62. The predicted molar refractivity (Wildman–Crippen MR) is 463 cm³/mol. The number of hydrogen-bond donors (Lipinski definition) is 3. The van der Waals surface area contributed by atoms with Gasteiger partial charge in [0.05, 0.1) is 26.4 Å². The van der Waals surface area contributed by atoms with Crippen LogP contribution >= 0.6 is 15.6 Å². The minimum absolute atomic E-state index is 0.0301. The number of ether oxygens (including phenoxy) is 4. The van der Waals surface area contributed by atoms with Crippen LogP contribution in [-0.4, -0.2) is 96.7 Å². The lowest BCUT2D eigenvalue weighted by Gasteiger charge is -2.21. The van der Waals surface area contributed by atoms with E-state index in [0.717, 1.165) is 135 Å². The molecule has 0 aromatic carbocycles. The van der Waals surface area contributed by atoms with Crippen LogP contribution in [0.2, 0.25) is 0 Å². The summed E-state index contributed by atoms with van der Waals surface area (Å²) in [6, 6.07) is 0. The second-order valence-electron chi connectivity index (χ2n) is 26.6. The van der Waals surface area contributed by atoms with Crippen molar-refractivity contribution in [1.29, 1.82) is 0 Å². The molecule has 0 bridgehead atoms. The molecule has 0 saturated heterocycles. The van der Waals surface area contributed by atoms with Crippen LogP contribution < -0.4 is 0 Å². The normalized spacial score (nSPS) is 15.0. The third kappa shape index (κ3) is 81.1. The van der Waals surface area contributed by atoms with Gasteiger partial charge in [0, 0.05) is 25.7 Å². The van der Waals surface area contributed by atoms with Gasteiger partial charge in [-0.3, -0.25) is 37.3 Å². The average Bonchev–Trinajstić information content (AvgIpc) is 0.898. The van der Waals surface area contributed by atoms with Crippen molar-refractivity contribution < 1.29 is 80.2 Å². The Morgan fingerprint density at radius 3 is 0.777 bits per heavy atom. The smallest absolute Gasteiger partial charge is 0.462 e. The summed E-state index contributed by atoms with van der Waals surface area (Å²) in [5.41, 5.74) is 0. The first-order valence-electron chi connectivity index (χ1n) is 41.6. The van der Waals surface area contributed by atoms with Crippen molar-refractivity contribution in [2.45, 2.75) is 290 Å². The average molecular weight is 1600 g/mol. The lowest BCUT2D eigenvalue weighted by atomic mass is 10.1. The van der Waals surface area contributed by atoms with Crippen molar-refractivity contribution in [2.24, 2.45) is 0 Å². The molecule has 5 atom stereocenters. The number of carbonyl (C=O) groups excluding carboxylic acids is 4. The van der Waals surface area contributed by atoms with E-state index in [1.165, 1.54) is 38.5 Å². The molecule has 0 rings (SSSR count). The molecule has 0 aliphatic carbocycles. The van der Waals surface area contributed by atoms with Gasteiger partial charge in [-0.15, -0.1) is 0 Å². The van der Waals surface area contributed by atoms with Crippen molar-refractivity contribution in [2.75, 3.05) is 39.6 Å². The zero-order valence-electron chi connectivity index (χ0n) is 68.7. The molecule has 3 N–H and O–H groups in total. The molecule has 628 valence electrons. The minimum atomic E-state index is -5.03. The molecule has 0 saturated carbocycles. The van der Waals surface area contributed by atoms with Gasteiger partial charge in [0.15, 0.2) is 12.2 Å². The highest BCUT2D eigenvalue weighted by atomic mass is 31.2. The van der Waals surface area contributed by atoms with Gasteiger partial charge < -0.3 is 33.8 Å². The molecule has 19 heteroatoms. The first-order chi connectivity index (χ1) is 54.7. The molecule has 0 amide bonds. The SMILES string of the molecule is CC/C=C\C/C=C\C/C=C\C/C=C\C/C=C\C/C=C\CCC(=O)O[C@H](COC(=O)CCC/C=C\C/C=C\C/C=C\C/C=C\CCCCC)COP(=O)(O)OC[C@@H](O)COP(=O)(O)OC[C@@H](COC(=O)CCC/C=C\C/C=C\C/C=C\C/C=C\CCCCC)OC(=O)CCCCC/C=C\C/C=C\C/C=C\C/C=C\C/C=C\CC. The van der Waals surface area contributed by atoms with Crippen LogP contribution in [0.4, 0.5) is 0 Å². The number of aliphatic hydroxyl groups is 1. The fraction of sp³-hybridized carbons (Fsp3) is 0.548.